The first-order chi connectivity index (χ1) is 8.20. The summed E-state index contributed by atoms with van der Waals surface area (Å²) in [6.07, 6.45) is 0.174. The van der Waals surface area contributed by atoms with Gasteiger partial charge in [0.2, 0.25) is 0 Å². The van der Waals surface area contributed by atoms with Gasteiger partial charge in [0.15, 0.2) is 0 Å². The van der Waals surface area contributed by atoms with E-state index in [1.807, 2.05) is 6.92 Å². The third-order valence-electron chi connectivity index (χ3n) is 1.73. The second-order valence-corrected chi connectivity index (χ2v) is 5.47. The van der Waals surface area contributed by atoms with Crippen LogP contribution >= 0.6 is 0 Å². The molecule has 0 aliphatic heterocycles. The van der Waals surface area contributed by atoms with Crippen LogP contribution < -0.4 is 0 Å². The van der Waals surface area contributed by atoms with Crippen LogP contribution in [0.4, 0.5) is 0 Å². The van der Waals surface area contributed by atoms with Crippen molar-refractivity contribution in [3.63, 3.8) is 0 Å². The average Bonchev–Trinajstić information content (AvgIpc) is 2.12. The summed E-state index contributed by atoms with van der Waals surface area (Å²) >= 11 is 0. The second kappa shape index (κ2) is 7.12. The molecule has 18 heavy (non-hydrogen) atoms. The Balaban J connectivity index is 5.15. The maximum Gasteiger partial charge on any atom is 0.899 e. The summed E-state index contributed by atoms with van der Waals surface area (Å²) in [6.45, 7) is 6.81. The lowest BCUT2D eigenvalue weighted by Crippen LogP contribution is -2.53. The maximum atomic E-state index is 11.0. The molecular formula is C10H18O7Si. The molecular weight excluding hydrogens is 260 g/mol. The summed E-state index contributed by atoms with van der Waals surface area (Å²) in [5, 5.41) is 0. The van der Waals surface area contributed by atoms with Gasteiger partial charge in [-0.3, -0.25) is 14.4 Å². The van der Waals surface area contributed by atoms with E-state index in [4.69, 9.17) is 17.7 Å². The molecule has 0 aliphatic rings. The predicted octanol–water partition coefficient (Wildman–Crippen LogP) is 0.926. The highest BCUT2D eigenvalue weighted by atomic mass is 28.4. The zero-order chi connectivity index (χ0) is 14.3. The van der Waals surface area contributed by atoms with Crippen molar-refractivity contribution in [2.75, 3.05) is 0 Å². The van der Waals surface area contributed by atoms with Gasteiger partial charge < -0.3 is 17.7 Å². The van der Waals surface area contributed by atoms with Gasteiger partial charge in [-0.05, 0) is 13.3 Å². The first kappa shape index (κ1) is 16.6. The summed E-state index contributed by atoms with van der Waals surface area (Å²) in [5.41, 5.74) is 0. The fraction of sp³-hybridized carbons (Fsp3) is 0.700. The molecule has 0 fully saturated rings. The Kier molecular flexibility index (Phi) is 6.56. The normalized spacial score (nSPS) is 12.5. The Bertz CT molecular complexity index is 287. The van der Waals surface area contributed by atoms with Gasteiger partial charge in [-0.1, -0.05) is 6.92 Å². The molecule has 0 rings (SSSR count). The summed E-state index contributed by atoms with van der Waals surface area (Å²) in [7, 11) is -4.12. The third kappa shape index (κ3) is 6.35. The monoisotopic (exact) mass is 278 g/mol. The summed E-state index contributed by atoms with van der Waals surface area (Å²) in [5.74, 6) is -2.27. The van der Waals surface area contributed by atoms with Crippen molar-refractivity contribution in [1.82, 2.24) is 0 Å². The fourth-order valence-electron chi connectivity index (χ4n) is 0.992. The van der Waals surface area contributed by atoms with Crippen molar-refractivity contribution in [3.8, 4) is 0 Å². The number of hydrogen-bond acceptors (Lipinski definition) is 7. The molecule has 0 aromatic heterocycles. The maximum absolute atomic E-state index is 11.0. The number of carbonyl (C=O) groups is 3. The van der Waals surface area contributed by atoms with Crippen LogP contribution in [-0.2, 0) is 32.1 Å². The van der Waals surface area contributed by atoms with Crippen molar-refractivity contribution in [3.05, 3.63) is 0 Å². The van der Waals surface area contributed by atoms with Crippen LogP contribution in [0.15, 0.2) is 0 Å². The summed E-state index contributed by atoms with van der Waals surface area (Å²) in [6, 6.07) is 0. The molecule has 0 saturated heterocycles. The molecule has 7 nitrogen and oxygen atoms in total. The lowest BCUT2D eigenvalue weighted by molar-refractivity contribution is -0.157. The zero-order valence-corrected chi connectivity index (χ0v) is 12.1. The largest absolute Gasteiger partial charge is 0.899 e. The molecule has 0 amide bonds. The van der Waals surface area contributed by atoms with Crippen LogP contribution in [0.25, 0.3) is 0 Å². The van der Waals surface area contributed by atoms with Gasteiger partial charge in [0, 0.05) is 20.8 Å². The quantitative estimate of drug-likeness (QED) is 0.668. The molecule has 1 atom stereocenters. The van der Waals surface area contributed by atoms with E-state index < -0.39 is 33.1 Å². The van der Waals surface area contributed by atoms with Gasteiger partial charge in [-0.15, -0.1) is 0 Å². The molecule has 0 spiro atoms. The SMILES string of the molecule is CCC(C)O[Si](OC(C)=O)(OC(C)=O)OC(C)=O. The fourth-order valence-corrected chi connectivity index (χ4v) is 2.98. The zero-order valence-electron chi connectivity index (χ0n) is 11.1. The van der Waals surface area contributed by atoms with Gasteiger partial charge in [-0.25, -0.2) is 0 Å². The lowest BCUT2D eigenvalue weighted by atomic mass is 10.3. The molecule has 1 unspecified atom stereocenters. The van der Waals surface area contributed by atoms with E-state index >= 15 is 0 Å². The highest BCUT2D eigenvalue weighted by molar-refractivity contribution is 6.59. The van der Waals surface area contributed by atoms with E-state index in [-0.39, 0.29) is 0 Å². The van der Waals surface area contributed by atoms with E-state index in [9.17, 15) is 14.4 Å². The number of carbonyl (C=O) groups excluding carboxylic acids is 3. The van der Waals surface area contributed by atoms with Crippen LogP contribution in [0, 0.1) is 0 Å². The minimum atomic E-state index is -4.12. The Morgan fingerprint density at radius 2 is 1.28 bits per heavy atom. The van der Waals surface area contributed by atoms with E-state index in [0.29, 0.717) is 6.42 Å². The summed E-state index contributed by atoms with van der Waals surface area (Å²) < 4.78 is 19.8. The van der Waals surface area contributed by atoms with Gasteiger partial charge in [0.1, 0.15) is 0 Å². The van der Waals surface area contributed by atoms with E-state index in [0.717, 1.165) is 20.8 Å². The minimum Gasteiger partial charge on any atom is -0.433 e. The van der Waals surface area contributed by atoms with E-state index in [1.54, 1.807) is 6.92 Å². The topological polar surface area (TPSA) is 88.1 Å². The van der Waals surface area contributed by atoms with E-state index in [1.165, 1.54) is 0 Å². The van der Waals surface area contributed by atoms with Gasteiger partial charge in [0.25, 0.3) is 17.9 Å². The van der Waals surface area contributed by atoms with Gasteiger partial charge in [0.05, 0.1) is 6.10 Å². The molecule has 0 aliphatic carbocycles. The molecule has 0 heterocycles. The standard InChI is InChI=1S/C10H18O7Si/c1-6-7(2)14-18(15-8(3)11,16-9(4)12)17-10(5)13/h7H,6H2,1-5H3. The van der Waals surface area contributed by atoms with Gasteiger partial charge >= 0.3 is 9.05 Å². The predicted molar refractivity (Wildman–Crippen MR) is 61.9 cm³/mol. The van der Waals surface area contributed by atoms with Crippen LogP contribution in [0.2, 0.25) is 0 Å². The van der Waals surface area contributed by atoms with Gasteiger partial charge in [-0.2, -0.15) is 0 Å². The molecule has 0 aromatic carbocycles. The van der Waals surface area contributed by atoms with Crippen molar-refractivity contribution in [1.29, 1.82) is 0 Å². The van der Waals surface area contributed by atoms with Crippen LogP contribution in [0.5, 0.6) is 0 Å². The smallest absolute Gasteiger partial charge is 0.433 e. The molecule has 8 heteroatoms. The van der Waals surface area contributed by atoms with Crippen molar-refractivity contribution >= 4 is 27.0 Å². The number of rotatable bonds is 6. The first-order valence-electron chi connectivity index (χ1n) is 5.47. The Labute approximate surface area is 107 Å². The average molecular weight is 278 g/mol. The van der Waals surface area contributed by atoms with Crippen molar-refractivity contribution in [2.45, 2.75) is 47.1 Å². The molecule has 104 valence electrons. The minimum absolute atomic E-state index is 0.394. The third-order valence-corrected chi connectivity index (χ3v) is 4.03. The first-order valence-corrected chi connectivity index (χ1v) is 7.10. The highest BCUT2D eigenvalue weighted by Gasteiger charge is 2.58. The number of hydrogen-bond donors (Lipinski definition) is 0. The van der Waals surface area contributed by atoms with Crippen molar-refractivity contribution in [2.24, 2.45) is 0 Å². The Morgan fingerprint density at radius 3 is 1.50 bits per heavy atom. The highest BCUT2D eigenvalue weighted by Crippen LogP contribution is 2.17. The Hall–Kier alpha value is -1.41. The van der Waals surface area contributed by atoms with Crippen LogP contribution in [-0.4, -0.2) is 33.1 Å². The molecule has 0 saturated carbocycles. The second-order valence-electron chi connectivity index (χ2n) is 3.62. The van der Waals surface area contributed by atoms with E-state index in [2.05, 4.69) is 0 Å². The molecule has 0 radical (unpaired) electrons. The van der Waals surface area contributed by atoms with Crippen LogP contribution in [0.1, 0.15) is 41.0 Å². The lowest BCUT2D eigenvalue weighted by Gasteiger charge is -2.26. The summed E-state index contributed by atoms with van der Waals surface area (Å²) in [4.78, 5) is 33.1. The Morgan fingerprint density at radius 1 is 0.944 bits per heavy atom. The molecule has 0 bridgehead atoms. The van der Waals surface area contributed by atoms with Crippen molar-refractivity contribution < 1.29 is 32.1 Å². The van der Waals surface area contributed by atoms with Crippen LogP contribution in [0.3, 0.4) is 0 Å². The molecule has 0 aromatic rings. The molecule has 0 N–H and O–H groups in total.